The molecule has 1 radical (unpaired) electrons. The van der Waals surface area contributed by atoms with Crippen molar-refractivity contribution in [2.75, 3.05) is 0 Å². The molecule has 0 bridgehead atoms. The molecule has 5 nitrogen and oxygen atoms in total. The van der Waals surface area contributed by atoms with Gasteiger partial charge in [0, 0.05) is 6.20 Å². The molecule has 2 heterocycles. The number of hydrogen-bond acceptors (Lipinski definition) is 3. The second-order valence-corrected chi connectivity index (χ2v) is 2.82. The number of alkyl halides is 3. The summed E-state index contributed by atoms with van der Waals surface area (Å²) in [6.45, 7) is 0. The minimum Gasteiger partial charge on any atom is -0.343 e. The SMILES string of the molecule is N#Cc1n[c][nH]c1-c1nc(C(F)(F)F)c[nH]1. The Bertz CT molecular complexity index is 545. The van der Waals surface area contributed by atoms with Gasteiger partial charge in [0.05, 0.1) is 0 Å². The van der Waals surface area contributed by atoms with E-state index in [2.05, 4.69) is 26.3 Å². The Balaban J connectivity index is 2.44. The first-order valence-electron chi connectivity index (χ1n) is 4.01. The molecular formula is C8H3F3N5. The van der Waals surface area contributed by atoms with Crippen LogP contribution in [0.1, 0.15) is 11.4 Å². The van der Waals surface area contributed by atoms with Crippen molar-refractivity contribution in [1.29, 1.82) is 5.26 Å². The molecule has 2 rings (SSSR count). The summed E-state index contributed by atoms with van der Waals surface area (Å²) in [5.41, 5.74) is -1.04. The second-order valence-electron chi connectivity index (χ2n) is 2.82. The highest BCUT2D eigenvalue weighted by atomic mass is 19.4. The van der Waals surface area contributed by atoms with Gasteiger partial charge in [0.2, 0.25) is 0 Å². The standard InChI is InChI=1S/C8H3F3N5/c9-8(10,11)5-2-13-7(16-5)6-4(1-12)14-3-15-6/h2H,(H,13,16)(H,14,15). The van der Waals surface area contributed by atoms with Crippen molar-refractivity contribution in [1.82, 2.24) is 19.9 Å². The predicted octanol–water partition coefficient (Wildman–Crippen LogP) is 1.49. The summed E-state index contributed by atoms with van der Waals surface area (Å²) in [4.78, 5) is 11.5. The van der Waals surface area contributed by atoms with Crippen molar-refractivity contribution in [3.8, 4) is 17.6 Å². The van der Waals surface area contributed by atoms with Crippen LogP contribution in [0.5, 0.6) is 0 Å². The molecule has 0 amide bonds. The molecule has 2 aromatic heterocycles. The van der Waals surface area contributed by atoms with Gasteiger partial charge in [-0.05, 0) is 0 Å². The maximum Gasteiger partial charge on any atom is 0.434 e. The van der Waals surface area contributed by atoms with E-state index in [4.69, 9.17) is 5.26 Å². The minimum absolute atomic E-state index is 0.0666. The highest BCUT2D eigenvalue weighted by Gasteiger charge is 2.34. The fourth-order valence-corrected chi connectivity index (χ4v) is 1.10. The molecule has 0 spiro atoms. The summed E-state index contributed by atoms with van der Waals surface area (Å²) >= 11 is 0. The van der Waals surface area contributed by atoms with Gasteiger partial charge in [-0.2, -0.15) is 18.4 Å². The number of H-pyrrole nitrogens is 2. The van der Waals surface area contributed by atoms with Crippen molar-refractivity contribution >= 4 is 0 Å². The zero-order valence-corrected chi connectivity index (χ0v) is 7.55. The molecule has 0 saturated carbocycles. The van der Waals surface area contributed by atoms with Gasteiger partial charge in [-0.1, -0.05) is 0 Å². The first kappa shape index (κ1) is 10.2. The zero-order chi connectivity index (χ0) is 11.8. The van der Waals surface area contributed by atoms with Gasteiger partial charge in [-0.15, -0.1) is 0 Å². The fourth-order valence-electron chi connectivity index (χ4n) is 1.10. The summed E-state index contributed by atoms with van der Waals surface area (Å²) in [5, 5.41) is 8.62. The molecule has 0 unspecified atom stereocenters. The van der Waals surface area contributed by atoms with Crippen LogP contribution < -0.4 is 0 Å². The molecule has 0 aliphatic rings. The number of imidazole rings is 2. The van der Waals surface area contributed by atoms with Crippen molar-refractivity contribution in [3.05, 3.63) is 23.9 Å². The van der Waals surface area contributed by atoms with Crippen molar-refractivity contribution < 1.29 is 13.2 Å². The van der Waals surface area contributed by atoms with E-state index >= 15 is 0 Å². The summed E-state index contributed by atoms with van der Waals surface area (Å²) in [5.74, 6) is -0.0994. The average molecular weight is 226 g/mol. The van der Waals surface area contributed by atoms with E-state index in [-0.39, 0.29) is 17.2 Å². The number of nitrogens with zero attached hydrogens (tertiary/aromatic N) is 3. The Hall–Kier alpha value is -2.30. The average Bonchev–Trinajstić information content (AvgIpc) is 2.84. The Morgan fingerprint density at radius 1 is 1.44 bits per heavy atom. The van der Waals surface area contributed by atoms with Gasteiger partial charge in [0.25, 0.3) is 0 Å². The van der Waals surface area contributed by atoms with Gasteiger partial charge < -0.3 is 9.97 Å². The quantitative estimate of drug-likeness (QED) is 0.772. The predicted molar refractivity (Wildman–Crippen MR) is 44.7 cm³/mol. The maximum absolute atomic E-state index is 12.2. The van der Waals surface area contributed by atoms with E-state index < -0.39 is 11.9 Å². The molecular weight excluding hydrogens is 223 g/mol. The molecule has 81 valence electrons. The Morgan fingerprint density at radius 3 is 2.75 bits per heavy atom. The van der Waals surface area contributed by atoms with E-state index in [1.807, 2.05) is 0 Å². The largest absolute Gasteiger partial charge is 0.434 e. The Morgan fingerprint density at radius 2 is 2.19 bits per heavy atom. The van der Waals surface area contributed by atoms with E-state index in [1.54, 1.807) is 6.07 Å². The number of aromatic amines is 2. The van der Waals surface area contributed by atoms with E-state index in [0.29, 0.717) is 0 Å². The second kappa shape index (κ2) is 3.37. The third-order valence-electron chi connectivity index (χ3n) is 1.80. The van der Waals surface area contributed by atoms with Gasteiger partial charge in [0.15, 0.2) is 23.5 Å². The molecule has 0 aliphatic carbocycles. The normalized spacial score (nSPS) is 11.4. The summed E-state index contributed by atoms with van der Waals surface area (Å²) in [6, 6.07) is 1.71. The molecule has 2 N–H and O–H groups in total. The van der Waals surface area contributed by atoms with Crippen molar-refractivity contribution in [2.45, 2.75) is 6.18 Å². The molecule has 0 aliphatic heterocycles. The highest BCUT2D eigenvalue weighted by Crippen LogP contribution is 2.29. The zero-order valence-electron chi connectivity index (χ0n) is 7.55. The maximum atomic E-state index is 12.2. The van der Waals surface area contributed by atoms with Crippen LogP contribution in [0.25, 0.3) is 11.5 Å². The van der Waals surface area contributed by atoms with Gasteiger partial charge in [-0.25, -0.2) is 9.97 Å². The third-order valence-corrected chi connectivity index (χ3v) is 1.80. The van der Waals surface area contributed by atoms with Gasteiger partial charge in [-0.3, -0.25) is 0 Å². The van der Waals surface area contributed by atoms with Crippen LogP contribution in [0.3, 0.4) is 0 Å². The first-order valence-corrected chi connectivity index (χ1v) is 4.01. The lowest BCUT2D eigenvalue weighted by Crippen LogP contribution is -2.04. The topological polar surface area (TPSA) is 81.2 Å². The third kappa shape index (κ3) is 1.63. The van der Waals surface area contributed by atoms with Crippen LogP contribution in [-0.4, -0.2) is 19.9 Å². The van der Waals surface area contributed by atoms with Crippen LogP contribution in [0.4, 0.5) is 13.2 Å². The van der Waals surface area contributed by atoms with Crippen LogP contribution in [0, 0.1) is 17.7 Å². The Kier molecular flexibility index (Phi) is 2.16. The molecule has 0 aromatic carbocycles. The molecule has 16 heavy (non-hydrogen) atoms. The number of aromatic nitrogens is 4. The summed E-state index contributed by atoms with van der Waals surface area (Å²) < 4.78 is 36.7. The lowest BCUT2D eigenvalue weighted by Gasteiger charge is -1.99. The molecule has 0 saturated heterocycles. The molecule has 0 atom stereocenters. The Labute approximate surface area is 87.0 Å². The van der Waals surface area contributed by atoms with E-state index in [0.717, 1.165) is 6.20 Å². The van der Waals surface area contributed by atoms with Crippen molar-refractivity contribution in [2.24, 2.45) is 0 Å². The number of hydrogen-bond donors (Lipinski definition) is 2. The van der Waals surface area contributed by atoms with Crippen LogP contribution in [0.2, 0.25) is 0 Å². The monoisotopic (exact) mass is 226 g/mol. The van der Waals surface area contributed by atoms with Crippen molar-refractivity contribution in [3.63, 3.8) is 0 Å². The number of nitrogens with one attached hydrogen (secondary N) is 2. The van der Waals surface area contributed by atoms with Gasteiger partial charge >= 0.3 is 6.18 Å². The summed E-state index contributed by atoms with van der Waals surface area (Å²) in [6.07, 6.45) is -1.55. The van der Waals surface area contributed by atoms with Crippen LogP contribution in [-0.2, 0) is 6.18 Å². The smallest absolute Gasteiger partial charge is 0.343 e. The fraction of sp³-hybridized carbons (Fsp3) is 0.125. The van der Waals surface area contributed by atoms with Gasteiger partial charge in [0.1, 0.15) is 11.8 Å². The highest BCUT2D eigenvalue weighted by molar-refractivity contribution is 5.57. The van der Waals surface area contributed by atoms with E-state index in [1.165, 1.54) is 0 Å². The molecule has 2 aromatic rings. The molecule has 8 heteroatoms. The minimum atomic E-state index is -4.52. The molecule has 0 fully saturated rings. The number of rotatable bonds is 1. The lowest BCUT2D eigenvalue weighted by atomic mass is 10.3. The number of nitriles is 1. The number of halogens is 3. The first-order chi connectivity index (χ1) is 7.52. The summed E-state index contributed by atoms with van der Waals surface area (Å²) in [7, 11) is 0. The lowest BCUT2D eigenvalue weighted by molar-refractivity contribution is -0.140. The van der Waals surface area contributed by atoms with Crippen LogP contribution >= 0.6 is 0 Å². The van der Waals surface area contributed by atoms with Crippen LogP contribution in [0.15, 0.2) is 6.20 Å². The van der Waals surface area contributed by atoms with E-state index in [9.17, 15) is 13.2 Å².